The average molecular weight is 423 g/mol. The number of imidazole rings is 1. The minimum atomic E-state index is -0.247. The Morgan fingerprint density at radius 2 is 1.56 bits per heavy atom. The van der Waals surface area contributed by atoms with Gasteiger partial charge >= 0.3 is 0 Å². The van der Waals surface area contributed by atoms with Crippen LogP contribution < -0.4 is 10.5 Å². The number of nitrogen functional groups attached to an aromatic ring is 1. The Morgan fingerprint density at radius 1 is 0.812 bits per heavy atom. The van der Waals surface area contributed by atoms with E-state index in [1.165, 1.54) is 12.1 Å². The smallest absolute Gasteiger partial charge is 0.141 e. The molecule has 0 spiro atoms. The van der Waals surface area contributed by atoms with Crippen molar-refractivity contribution in [2.24, 2.45) is 0 Å². The highest BCUT2D eigenvalue weighted by Gasteiger charge is 2.14. The van der Waals surface area contributed by atoms with E-state index in [1.54, 1.807) is 12.1 Å². The fraction of sp³-hybridized carbons (Fsp3) is 0.0741. The predicted octanol–water partition coefficient (Wildman–Crippen LogP) is 6.05. The normalized spacial score (nSPS) is 11.0. The molecule has 158 valence electrons. The fourth-order valence-corrected chi connectivity index (χ4v) is 3.73. The molecule has 0 fully saturated rings. The lowest BCUT2D eigenvalue weighted by atomic mass is 10.1. The maximum Gasteiger partial charge on any atom is 0.141 e. The number of hydrogen-bond donors (Lipinski definition) is 1. The van der Waals surface area contributed by atoms with Crippen molar-refractivity contribution in [3.05, 3.63) is 114 Å². The molecule has 0 aliphatic rings. The van der Waals surface area contributed by atoms with E-state index in [4.69, 9.17) is 15.5 Å². The zero-order valence-corrected chi connectivity index (χ0v) is 17.4. The van der Waals surface area contributed by atoms with E-state index in [1.807, 2.05) is 72.8 Å². The third kappa shape index (κ3) is 4.18. The molecule has 32 heavy (non-hydrogen) atoms. The minimum Gasteiger partial charge on any atom is -0.489 e. The van der Waals surface area contributed by atoms with Crippen molar-refractivity contribution in [2.75, 3.05) is 5.73 Å². The lowest BCUT2D eigenvalue weighted by Crippen LogP contribution is -2.02. The highest BCUT2D eigenvalue weighted by molar-refractivity contribution is 5.82. The van der Waals surface area contributed by atoms with Gasteiger partial charge in [-0.2, -0.15) is 0 Å². The summed E-state index contributed by atoms with van der Waals surface area (Å²) < 4.78 is 21.5. The Labute approximate surface area is 185 Å². The first-order valence-electron chi connectivity index (χ1n) is 10.4. The van der Waals surface area contributed by atoms with Gasteiger partial charge in [0.05, 0.1) is 11.0 Å². The SMILES string of the molecule is Nc1ccc(-c2nc3cc(OCc4ccccc4)ccc3n2Cc2ccc(F)cc2)cc1. The van der Waals surface area contributed by atoms with Crippen LogP contribution in [0, 0.1) is 5.82 Å². The van der Waals surface area contributed by atoms with E-state index in [2.05, 4.69) is 4.57 Å². The van der Waals surface area contributed by atoms with Crippen molar-refractivity contribution in [3.63, 3.8) is 0 Å². The standard InChI is InChI=1S/C27H22FN3O/c28-22-10-6-19(7-11-22)17-31-26-15-14-24(32-18-20-4-2-1-3-5-20)16-25(26)30-27(31)21-8-12-23(29)13-9-21/h1-16H,17-18,29H2. The quantitative estimate of drug-likeness (QED) is 0.338. The van der Waals surface area contributed by atoms with Crippen LogP contribution in [0.1, 0.15) is 11.1 Å². The second kappa shape index (κ2) is 8.55. The molecule has 0 unspecified atom stereocenters. The molecule has 0 saturated heterocycles. The predicted molar refractivity (Wildman–Crippen MR) is 126 cm³/mol. The van der Waals surface area contributed by atoms with Crippen LogP contribution in [0.2, 0.25) is 0 Å². The number of halogens is 1. The van der Waals surface area contributed by atoms with Crippen molar-refractivity contribution in [2.45, 2.75) is 13.2 Å². The Balaban J connectivity index is 1.53. The largest absolute Gasteiger partial charge is 0.489 e. The number of anilines is 1. The van der Waals surface area contributed by atoms with Crippen LogP contribution in [0.4, 0.5) is 10.1 Å². The first-order valence-corrected chi connectivity index (χ1v) is 10.4. The number of nitrogens with two attached hydrogens (primary N) is 1. The van der Waals surface area contributed by atoms with Gasteiger partial charge in [-0.15, -0.1) is 0 Å². The third-order valence-electron chi connectivity index (χ3n) is 5.39. The summed E-state index contributed by atoms with van der Waals surface area (Å²) in [5.74, 6) is 1.34. The molecule has 5 heteroatoms. The monoisotopic (exact) mass is 423 g/mol. The van der Waals surface area contributed by atoms with Gasteiger partial charge in [0.25, 0.3) is 0 Å². The Morgan fingerprint density at radius 3 is 2.31 bits per heavy atom. The maximum atomic E-state index is 13.4. The van der Waals surface area contributed by atoms with Gasteiger partial charge in [0.2, 0.25) is 0 Å². The highest BCUT2D eigenvalue weighted by Crippen LogP contribution is 2.29. The summed E-state index contributed by atoms with van der Waals surface area (Å²) in [4.78, 5) is 4.91. The molecule has 0 aliphatic carbocycles. The molecule has 5 rings (SSSR count). The van der Waals surface area contributed by atoms with Gasteiger partial charge < -0.3 is 15.0 Å². The zero-order chi connectivity index (χ0) is 21.9. The van der Waals surface area contributed by atoms with Crippen molar-refractivity contribution < 1.29 is 9.13 Å². The van der Waals surface area contributed by atoms with Gasteiger partial charge in [-0.05, 0) is 59.7 Å². The van der Waals surface area contributed by atoms with Crippen LogP contribution in [0.15, 0.2) is 97.1 Å². The summed E-state index contributed by atoms with van der Waals surface area (Å²) in [6.07, 6.45) is 0. The lowest BCUT2D eigenvalue weighted by molar-refractivity contribution is 0.306. The number of fused-ring (bicyclic) bond motifs is 1. The molecule has 0 bridgehead atoms. The van der Waals surface area contributed by atoms with Crippen LogP contribution in [-0.2, 0) is 13.2 Å². The first kappa shape index (κ1) is 19.8. The van der Waals surface area contributed by atoms with Gasteiger partial charge in [-0.3, -0.25) is 0 Å². The Bertz CT molecular complexity index is 1340. The molecule has 2 N–H and O–H groups in total. The lowest BCUT2D eigenvalue weighted by Gasteiger charge is -2.11. The molecular formula is C27H22FN3O. The topological polar surface area (TPSA) is 53.1 Å². The molecular weight excluding hydrogens is 401 g/mol. The Hall–Kier alpha value is -4.12. The van der Waals surface area contributed by atoms with Gasteiger partial charge in [-0.25, -0.2) is 9.37 Å². The summed E-state index contributed by atoms with van der Waals surface area (Å²) in [5, 5.41) is 0. The molecule has 0 atom stereocenters. The summed E-state index contributed by atoms with van der Waals surface area (Å²) in [6.45, 7) is 1.06. The minimum absolute atomic E-state index is 0.247. The van der Waals surface area contributed by atoms with E-state index < -0.39 is 0 Å². The molecule has 0 aliphatic heterocycles. The van der Waals surface area contributed by atoms with Gasteiger partial charge in [0, 0.05) is 23.9 Å². The summed E-state index contributed by atoms with van der Waals surface area (Å²) in [5.41, 5.74) is 11.5. The van der Waals surface area contributed by atoms with Crippen molar-refractivity contribution in [3.8, 4) is 17.1 Å². The van der Waals surface area contributed by atoms with E-state index in [-0.39, 0.29) is 5.82 Å². The van der Waals surface area contributed by atoms with Gasteiger partial charge in [0.15, 0.2) is 0 Å². The van der Waals surface area contributed by atoms with Crippen LogP contribution in [0.25, 0.3) is 22.4 Å². The first-order chi connectivity index (χ1) is 15.7. The van der Waals surface area contributed by atoms with E-state index in [0.29, 0.717) is 18.8 Å². The van der Waals surface area contributed by atoms with Gasteiger partial charge in [-0.1, -0.05) is 42.5 Å². The number of ether oxygens (including phenoxy) is 1. The van der Waals surface area contributed by atoms with Crippen LogP contribution in [0.3, 0.4) is 0 Å². The number of benzene rings is 4. The van der Waals surface area contributed by atoms with Gasteiger partial charge in [0.1, 0.15) is 24.0 Å². The summed E-state index contributed by atoms with van der Waals surface area (Å²) in [7, 11) is 0. The average Bonchev–Trinajstić information content (AvgIpc) is 3.18. The summed E-state index contributed by atoms with van der Waals surface area (Å²) >= 11 is 0. The molecule has 0 amide bonds. The zero-order valence-electron chi connectivity index (χ0n) is 17.4. The molecule has 5 aromatic rings. The van der Waals surface area contributed by atoms with E-state index in [9.17, 15) is 4.39 Å². The second-order valence-corrected chi connectivity index (χ2v) is 7.69. The molecule has 4 nitrogen and oxygen atoms in total. The molecule has 0 radical (unpaired) electrons. The number of aromatic nitrogens is 2. The maximum absolute atomic E-state index is 13.4. The molecule has 4 aromatic carbocycles. The van der Waals surface area contributed by atoms with E-state index >= 15 is 0 Å². The van der Waals surface area contributed by atoms with E-state index in [0.717, 1.165) is 39.3 Å². The van der Waals surface area contributed by atoms with Crippen LogP contribution in [-0.4, -0.2) is 9.55 Å². The highest BCUT2D eigenvalue weighted by atomic mass is 19.1. The molecule has 1 aromatic heterocycles. The summed E-state index contributed by atoms with van der Waals surface area (Å²) in [6, 6.07) is 30.2. The molecule has 0 saturated carbocycles. The van der Waals surface area contributed by atoms with Crippen molar-refractivity contribution in [1.29, 1.82) is 0 Å². The van der Waals surface area contributed by atoms with Crippen molar-refractivity contribution >= 4 is 16.7 Å². The number of hydrogen-bond acceptors (Lipinski definition) is 3. The number of nitrogens with zero attached hydrogens (tertiary/aromatic N) is 2. The Kier molecular flexibility index (Phi) is 5.30. The fourth-order valence-electron chi connectivity index (χ4n) is 3.73. The van der Waals surface area contributed by atoms with Crippen LogP contribution >= 0.6 is 0 Å². The molecule has 1 heterocycles. The number of rotatable bonds is 6. The van der Waals surface area contributed by atoms with Crippen LogP contribution in [0.5, 0.6) is 5.75 Å². The third-order valence-corrected chi connectivity index (χ3v) is 5.39. The van der Waals surface area contributed by atoms with Crippen molar-refractivity contribution in [1.82, 2.24) is 9.55 Å². The second-order valence-electron chi connectivity index (χ2n) is 7.69.